The molecule has 1 amide bonds. The van der Waals surface area contributed by atoms with E-state index in [0.717, 1.165) is 5.56 Å². The van der Waals surface area contributed by atoms with E-state index >= 15 is 0 Å². The molecule has 0 bridgehead atoms. The Balaban J connectivity index is 1.75. The number of hydrogen-bond acceptors (Lipinski definition) is 6. The highest BCUT2D eigenvalue weighted by Gasteiger charge is 2.28. The molecule has 0 radical (unpaired) electrons. The maximum atomic E-state index is 12.5. The van der Waals surface area contributed by atoms with Crippen LogP contribution in [0, 0.1) is 12.8 Å². The van der Waals surface area contributed by atoms with Crippen LogP contribution in [0.15, 0.2) is 36.5 Å². The van der Waals surface area contributed by atoms with Gasteiger partial charge in [-0.3, -0.25) is 9.59 Å². The number of piperidine rings is 1. The fraction of sp³-hybridized carbons (Fsp3) is 0.364. The molecule has 0 aliphatic carbocycles. The highest BCUT2D eigenvalue weighted by atomic mass is 16.5. The average Bonchev–Trinajstić information content (AvgIpc) is 2.74. The van der Waals surface area contributed by atoms with Gasteiger partial charge in [0.2, 0.25) is 0 Å². The van der Waals surface area contributed by atoms with Crippen LogP contribution in [0.5, 0.6) is 0 Å². The van der Waals surface area contributed by atoms with Crippen LogP contribution in [0.25, 0.3) is 0 Å². The first-order chi connectivity index (χ1) is 14.4. The Bertz CT molecular complexity index is 952. The van der Waals surface area contributed by atoms with Crippen LogP contribution in [-0.2, 0) is 9.53 Å². The number of carboxylic acids is 1. The molecule has 2 N–H and O–H groups in total. The summed E-state index contributed by atoms with van der Waals surface area (Å²) >= 11 is 0. The lowest BCUT2D eigenvalue weighted by atomic mass is 9.96. The van der Waals surface area contributed by atoms with Gasteiger partial charge in [-0.2, -0.15) is 0 Å². The van der Waals surface area contributed by atoms with Gasteiger partial charge in [0.05, 0.1) is 24.4 Å². The Labute approximate surface area is 174 Å². The van der Waals surface area contributed by atoms with Gasteiger partial charge >= 0.3 is 11.9 Å². The molecule has 1 fully saturated rings. The van der Waals surface area contributed by atoms with E-state index < -0.39 is 5.97 Å². The number of nitrogens with one attached hydrogen (secondary N) is 1. The number of carbonyl (C=O) groups excluding carboxylic acids is 2. The predicted octanol–water partition coefficient (Wildman–Crippen LogP) is 3.12. The fourth-order valence-electron chi connectivity index (χ4n) is 3.55. The maximum absolute atomic E-state index is 12.5. The third kappa shape index (κ3) is 4.76. The highest BCUT2D eigenvalue weighted by Crippen LogP contribution is 2.27. The zero-order valence-corrected chi connectivity index (χ0v) is 17.1. The molecule has 8 heteroatoms. The van der Waals surface area contributed by atoms with Crippen LogP contribution in [0.1, 0.15) is 46.0 Å². The van der Waals surface area contributed by atoms with Crippen LogP contribution < -0.4 is 10.2 Å². The zero-order chi connectivity index (χ0) is 21.7. The van der Waals surface area contributed by atoms with Gasteiger partial charge in [-0.05, 0) is 44.4 Å². The summed E-state index contributed by atoms with van der Waals surface area (Å²) in [6.45, 7) is 4.96. The smallest absolute Gasteiger partial charge is 0.339 e. The Kier molecular flexibility index (Phi) is 6.66. The summed E-state index contributed by atoms with van der Waals surface area (Å²) in [5, 5.41) is 12.4. The summed E-state index contributed by atoms with van der Waals surface area (Å²) < 4.78 is 5.07. The number of rotatable bonds is 6. The third-order valence-electron chi connectivity index (χ3n) is 5.16. The van der Waals surface area contributed by atoms with Crippen molar-refractivity contribution in [1.29, 1.82) is 0 Å². The van der Waals surface area contributed by atoms with Crippen LogP contribution in [0.3, 0.4) is 0 Å². The summed E-state index contributed by atoms with van der Waals surface area (Å²) in [6.07, 6.45) is 2.60. The highest BCUT2D eigenvalue weighted by molar-refractivity contribution is 6.06. The average molecular weight is 411 g/mol. The summed E-state index contributed by atoms with van der Waals surface area (Å²) in [5.74, 6) is -1.51. The monoisotopic (exact) mass is 411 g/mol. The lowest BCUT2D eigenvalue weighted by molar-refractivity contribution is -0.148. The van der Waals surface area contributed by atoms with Crippen molar-refractivity contribution in [2.75, 3.05) is 29.9 Å². The van der Waals surface area contributed by atoms with Gasteiger partial charge < -0.3 is 20.1 Å². The van der Waals surface area contributed by atoms with Crippen molar-refractivity contribution < 1.29 is 24.2 Å². The number of carboxylic acid groups (broad SMARTS) is 1. The summed E-state index contributed by atoms with van der Waals surface area (Å²) in [7, 11) is 0. The number of hydrogen-bond donors (Lipinski definition) is 2. The molecule has 2 heterocycles. The number of carbonyl (C=O) groups is 3. The van der Waals surface area contributed by atoms with Crippen LogP contribution >= 0.6 is 0 Å². The van der Waals surface area contributed by atoms with E-state index in [4.69, 9.17) is 4.74 Å². The Morgan fingerprint density at radius 1 is 1.20 bits per heavy atom. The standard InChI is InChI=1S/C22H25N3O5/c1-3-30-22(29)15-8-10-25(11-9-15)19-18(21(27)28)12-16(13-23-19)24-20(26)17-7-5-4-6-14(17)2/h4-7,12-13,15H,3,8-11H2,1-2H3,(H,24,26)(H,27,28). The van der Waals surface area contributed by atoms with E-state index in [0.29, 0.717) is 49.6 Å². The molecule has 3 rings (SSSR count). The minimum atomic E-state index is -1.13. The van der Waals surface area contributed by atoms with Crippen LogP contribution in [-0.4, -0.2) is 47.6 Å². The normalized spacial score (nSPS) is 14.3. The number of aryl methyl sites for hydroxylation is 1. The minimum Gasteiger partial charge on any atom is -0.478 e. The predicted molar refractivity (Wildman–Crippen MR) is 112 cm³/mol. The molecular weight excluding hydrogens is 386 g/mol. The Morgan fingerprint density at radius 3 is 2.53 bits per heavy atom. The van der Waals surface area contributed by atoms with Gasteiger partial charge in [0, 0.05) is 18.7 Å². The van der Waals surface area contributed by atoms with Crippen molar-refractivity contribution in [3.63, 3.8) is 0 Å². The van der Waals surface area contributed by atoms with Crippen molar-refractivity contribution in [3.05, 3.63) is 53.2 Å². The molecule has 0 atom stereocenters. The Morgan fingerprint density at radius 2 is 1.90 bits per heavy atom. The van der Waals surface area contributed by atoms with Gasteiger partial charge in [-0.15, -0.1) is 0 Å². The molecule has 30 heavy (non-hydrogen) atoms. The summed E-state index contributed by atoms with van der Waals surface area (Å²) in [4.78, 5) is 42.4. The second-order valence-corrected chi connectivity index (χ2v) is 7.18. The SMILES string of the molecule is CCOC(=O)C1CCN(c2ncc(NC(=O)c3ccccc3C)cc2C(=O)O)CC1. The number of aromatic nitrogens is 1. The summed E-state index contributed by atoms with van der Waals surface area (Å²) in [5.41, 5.74) is 1.65. The molecular formula is C22H25N3O5. The topological polar surface area (TPSA) is 109 Å². The lowest BCUT2D eigenvalue weighted by Crippen LogP contribution is -2.38. The molecule has 0 spiro atoms. The van der Waals surface area contributed by atoms with Crippen LogP contribution in [0.2, 0.25) is 0 Å². The summed E-state index contributed by atoms with van der Waals surface area (Å²) in [6, 6.07) is 8.57. The molecule has 2 aromatic rings. The van der Waals surface area contributed by atoms with E-state index in [-0.39, 0.29) is 23.4 Å². The molecule has 0 saturated carbocycles. The number of ether oxygens (including phenoxy) is 1. The molecule has 8 nitrogen and oxygen atoms in total. The molecule has 1 saturated heterocycles. The van der Waals surface area contributed by atoms with Crippen molar-refractivity contribution in [3.8, 4) is 0 Å². The molecule has 1 aromatic heterocycles. The van der Waals surface area contributed by atoms with Gasteiger partial charge in [-0.1, -0.05) is 18.2 Å². The first kappa shape index (κ1) is 21.3. The molecule has 1 aromatic carbocycles. The fourth-order valence-corrected chi connectivity index (χ4v) is 3.55. The van der Waals surface area contributed by atoms with Gasteiger partial charge in [0.15, 0.2) is 0 Å². The number of pyridine rings is 1. The zero-order valence-electron chi connectivity index (χ0n) is 17.1. The molecule has 1 aliphatic rings. The minimum absolute atomic E-state index is 0.00664. The van der Waals surface area contributed by atoms with E-state index in [1.54, 1.807) is 19.1 Å². The number of amides is 1. The number of nitrogens with zero attached hydrogens (tertiary/aromatic N) is 2. The first-order valence-electron chi connectivity index (χ1n) is 9.92. The second-order valence-electron chi connectivity index (χ2n) is 7.18. The number of anilines is 2. The van der Waals surface area contributed by atoms with E-state index in [2.05, 4.69) is 10.3 Å². The van der Waals surface area contributed by atoms with Crippen molar-refractivity contribution in [2.45, 2.75) is 26.7 Å². The van der Waals surface area contributed by atoms with E-state index in [1.807, 2.05) is 24.0 Å². The first-order valence-corrected chi connectivity index (χ1v) is 9.92. The van der Waals surface area contributed by atoms with Crippen molar-refractivity contribution >= 4 is 29.4 Å². The maximum Gasteiger partial charge on any atom is 0.339 e. The largest absolute Gasteiger partial charge is 0.478 e. The van der Waals surface area contributed by atoms with Crippen molar-refractivity contribution in [1.82, 2.24) is 4.98 Å². The molecule has 158 valence electrons. The molecule has 0 unspecified atom stereocenters. The molecule has 1 aliphatic heterocycles. The van der Waals surface area contributed by atoms with Crippen LogP contribution in [0.4, 0.5) is 11.5 Å². The van der Waals surface area contributed by atoms with Gasteiger partial charge in [0.1, 0.15) is 11.4 Å². The Hall–Kier alpha value is -3.42. The lowest BCUT2D eigenvalue weighted by Gasteiger charge is -2.32. The second kappa shape index (κ2) is 9.39. The van der Waals surface area contributed by atoms with Crippen molar-refractivity contribution in [2.24, 2.45) is 5.92 Å². The van der Waals surface area contributed by atoms with Gasteiger partial charge in [0.25, 0.3) is 5.91 Å². The third-order valence-corrected chi connectivity index (χ3v) is 5.16. The number of esters is 1. The number of benzene rings is 1. The van der Waals surface area contributed by atoms with E-state index in [9.17, 15) is 19.5 Å². The number of aromatic carboxylic acids is 1. The van der Waals surface area contributed by atoms with Gasteiger partial charge in [-0.25, -0.2) is 9.78 Å². The van der Waals surface area contributed by atoms with E-state index in [1.165, 1.54) is 12.3 Å². The quantitative estimate of drug-likeness (QED) is 0.703.